The third-order valence-corrected chi connectivity index (χ3v) is 9.36. The van der Waals surface area contributed by atoms with E-state index >= 15 is 0 Å². The van der Waals surface area contributed by atoms with E-state index in [4.69, 9.17) is 0 Å². The average Bonchev–Trinajstić information content (AvgIpc) is 3.54. The maximum Gasteiger partial charge on any atom is -0.000683 e. The van der Waals surface area contributed by atoms with Gasteiger partial charge in [-0.2, -0.15) is 0 Å². The molecule has 0 unspecified atom stereocenters. The molecule has 0 aromatic heterocycles. The van der Waals surface area contributed by atoms with Crippen LogP contribution in [0.4, 0.5) is 0 Å². The molecule has 182 valence electrons. The fourth-order valence-electron chi connectivity index (χ4n) is 7.75. The van der Waals surface area contributed by atoms with E-state index in [-0.39, 0.29) is 0 Å². The van der Waals surface area contributed by atoms with Gasteiger partial charge in [-0.25, -0.2) is 0 Å². The molecule has 2 aliphatic rings. The van der Waals surface area contributed by atoms with Crippen molar-refractivity contribution >= 4 is 55.2 Å². The van der Waals surface area contributed by atoms with E-state index in [1.54, 1.807) is 0 Å². The van der Waals surface area contributed by atoms with Crippen LogP contribution >= 0.6 is 0 Å². The molecule has 0 nitrogen and oxygen atoms in total. The summed E-state index contributed by atoms with van der Waals surface area (Å²) in [6.07, 6.45) is 6.21. The zero-order valence-electron chi connectivity index (χ0n) is 21.9. The number of rotatable bonds is 1. The van der Waals surface area contributed by atoms with Crippen LogP contribution in [0, 0.1) is 0 Å². The molecule has 0 heteroatoms. The lowest BCUT2D eigenvalue weighted by molar-refractivity contribution is 1.25. The first-order chi connectivity index (χ1) is 19.2. The summed E-state index contributed by atoms with van der Waals surface area (Å²) in [7, 11) is 0. The summed E-state index contributed by atoms with van der Waals surface area (Å²) in [6.45, 7) is 6.26. The third kappa shape index (κ3) is 2.64. The Morgan fingerprint density at radius 3 is 2.05 bits per heavy atom. The van der Waals surface area contributed by atoms with Gasteiger partial charge in [0.25, 0.3) is 0 Å². The van der Waals surface area contributed by atoms with Gasteiger partial charge in [-0.3, -0.25) is 0 Å². The SMILES string of the molecule is C=Cc1ccc2c3c(cc4ccc(=CC)c1c42)Cc1cc2c(cc1-3)Cc1c-2c2ccccc2c2ccccc12. The van der Waals surface area contributed by atoms with Crippen LogP contribution in [0.2, 0.25) is 0 Å². The lowest BCUT2D eigenvalue weighted by Crippen LogP contribution is -2.04. The molecule has 2 aliphatic carbocycles. The van der Waals surface area contributed by atoms with Crippen molar-refractivity contribution in [1.82, 2.24) is 0 Å². The van der Waals surface area contributed by atoms with Gasteiger partial charge in [0.1, 0.15) is 0 Å². The Bertz CT molecular complexity index is 2290. The van der Waals surface area contributed by atoms with Crippen LogP contribution < -0.4 is 5.22 Å². The van der Waals surface area contributed by atoms with Gasteiger partial charge in [-0.05, 0) is 130 Å². The zero-order valence-corrected chi connectivity index (χ0v) is 21.9. The van der Waals surface area contributed by atoms with E-state index in [9.17, 15) is 0 Å². The average molecular weight is 495 g/mol. The molecule has 0 atom stereocenters. The van der Waals surface area contributed by atoms with Gasteiger partial charge in [-0.15, -0.1) is 0 Å². The molecule has 9 rings (SSSR count). The van der Waals surface area contributed by atoms with Crippen LogP contribution in [0.1, 0.15) is 34.7 Å². The molecular weight excluding hydrogens is 468 g/mol. The van der Waals surface area contributed by atoms with E-state index in [0.717, 1.165) is 12.8 Å². The second-order valence-corrected chi connectivity index (χ2v) is 11.2. The van der Waals surface area contributed by atoms with Crippen LogP contribution in [-0.2, 0) is 12.8 Å². The topological polar surface area (TPSA) is 0 Å². The monoisotopic (exact) mass is 494 g/mol. The molecule has 0 fully saturated rings. The molecule has 0 amide bonds. The molecule has 39 heavy (non-hydrogen) atoms. The number of benzene rings is 7. The molecule has 7 aromatic carbocycles. The van der Waals surface area contributed by atoms with Crippen LogP contribution in [0.3, 0.4) is 0 Å². The molecule has 0 spiro atoms. The number of fused-ring (bicyclic) bond motifs is 12. The molecule has 0 bridgehead atoms. The van der Waals surface area contributed by atoms with Crippen LogP contribution in [0.25, 0.3) is 77.5 Å². The summed E-state index contributed by atoms with van der Waals surface area (Å²) in [4.78, 5) is 0. The van der Waals surface area contributed by atoms with E-state index < -0.39 is 0 Å². The van der Waals surface area contributed by atoms with Crippen molar-refractivity contribution in [3.8, 4) is 22.3 Å². The van der Waals surface area contributed by atoms with Crippen molar-refractivity contribution in [3.05, 3.63) is 131 Å². The minimum absolute atomic E-state index is 0.991. The maximum atomic E-state index is 4.13. The molecule has 0 heterocycles. The van der Waals surface area contributed by atoms with Gasteiger partial charge in [-0.1, -0.05) is 97.6 Å². The first-order valence-electron chi connectivity index (χ1n) is 13.9. The largest absolute Gasteiger partial charge is 0.0984 e. The number of hydrogen-bond donors (Lipinski definition) is 0. The first-order valence-corrected chi connectivity index (χ1v) is 13.9. The summed E-state index contributed by atoms with van der Waals surface area (Å²) in [5.74, 6) is 0. The van der Waals surface area contributed by atoms with Gasteiger partial charge >= 0.3 is 0 Å². The molecule has 7 aromatic rings. The normalized spacial score (nSPS) is 13.8. The Morgan fingerprint density at radius 1 is 0.590 bits per heavy atom. The Kier molecular flexibility index (Phi) is 4.07. The minimum Gasteiger partial charge on any atom is -0.0984 e. The van der Waals surface area contributed by atoms with Crippen molar-refractivity contribution in [2.45, 2.75) is 19.8 Å². The summed E-state index contributed by atoms with van der Waals surface area (Å²) >= 11 is 0. The highest BCUT2D eigenvalue weighted by Crippen LogP contribution is 2.51. The molecular formula is C39H26. The van der Waals surface area contributed by atoms with Gasteiger partial charge in [0.2, 0.25) is 0 Å². The lowest BCUT2D eigenvalue weighted by atomic mass is 9.89. The second kappa shape index (κ2) is 7.46. The highest BCUT2D eigenvalue weighted by molar-refractivity contribution is 6.20. The smallest absolute Gasteiger partial charge is 0.000683 e. The van der Waals surface area contributed by atoms with Crippen LogP contribution in [-0.4, -0.2) is 0 Å². The Morgan fingerprint density at radius 2 is 1.28 bits per heavy atom. The van der Waals surface area contributed by atoms with E-state index in [1.807, 2.05) is 6.08 Å². The van der Waals surface area contributed by atoms with Crippen molar-refractivity contribution in [2.24, 2.45) is 0 Å². The molecule has 0 N–H and O–H groups in total. The standard InChI is InChI=1S/C39H26/c1-3-22-13-14-24-17-27-18-25-19-34-26(20-33(25)37(27)32-16-15-23(4-2)36(22)38(24)32)21-35-30-11-6-5-9-28(30)29-10-7-8-12-31(29)39(34)35/h3-17,19-20H,2,18,21H2,1H3. The summed E-state index contributed by atoms with van der Waals surface area (Å²) in [5.41, 5.74) is 12.8. The predicted molar refractivity (Wildman–Crippen MR) is 168 cm³/mol. The second-order valence-electron chi connectivity index (χ2n) is 11.2. The fraction of sp³-hybridized carbons (Fsp3) is 0.0769. The minimum atomic E-state index is 0.991. The Balaban J connectivity index is 1.35. The van der Waals surface area contributed by atoms with Gasteiger partial charge < -0.3 is 0 Å². The third-order valence-electron chi connectivity index (χ3n) is 9.36. The van der Waals surface area contributed by atoms with E-state index in [0.29, 0.717) is 0 Å². The van der Waals surface area contributed by atoms with Crippen LogP contribution in [0.5, 0.6) is 0 Å². The Hall–Kier alpha value is -4.68. The predicted octanol–water partition coefficient (Wildman–Crippen LogP) is 9.60. The van der Waals surface area contributed by atoms with E-state index in [1.165, 1.54) is 98.4 Å². The Labute approximate surface area is 227 Å². The first kappa shape index (κ1) is 21.3. The van der Waals surface area contributed by atoms with Gasteiger partial charge in [0, 0.05) is 0 Å². The van der Waals surface area contributed by atoms with Crippen LogP contribution in [0.15, 0.2) is 97.6 Å². The maximum absolute atomic E-state index is 4.13. The summed E-state index contributed by atoms with van der Waals surface area (Å²) < 4.78 is 0. The highest BCUT2D eigenvalue weighted by Gasteiger charge is 2.29. The van der Waals surface area contributed by atoms with Gasteiger partial charge in [0.05, 0.1) is 0 Å². The van der Waals surface area contributed by atoms with Crippen molar-refractivity contribution < 1.29 is 0 Å². The molecule has 0 aliphatic heterocycles. The molecule has 0 saturated heterocycles. The zero-order chi connectivity index (χ0) is 25.8. The van der Waals surface area contributed by atoms with Crippen molar-refractivity contribution in [2.75, 3.05) is 0 Å². The number of hydrogen-bond acceptors (Lipinski definition) is 0. The molecule has 0 saturated carbocycles. The summed E-state index contributed by atoms with van der Waals surface area (Å²) in [6, 6.07) is 34.6. The van der Waals surface area contributed by atoms with E-state index in [2.05, 4.69) is 111 Å². The summed E-state index contributed by atoms with van der Waals surface area (Å²) in [5, 5.41) is 12.2. The van der Waals surface area contributed by atoms with Crippen molar-refractivity contribution in [3.63, 3.8) is 0 Å². The van der Waals surface area contributed by atoms with Gasteiger partial charge in [0.15, 0.2) is 0 Å². The molecule has 0 radical (unpaired) electrons. The lowest BCUT2D eigenvalue weighted by Gasteiger charge is -2.15. The fourth-order valence-corrected chi connectivity index (χ4v) is 7.75. The quantitative estimate of drug-likeness (QED) is 0.199. The highest BCUT2D eigenvalue weighted by atomic mass is 14.3. The van der Waals surface area contributed by atoms with Crippen molar-refractivity contribution in [1.29, 1.82) is 0 Å².